The van der Waals surface area contributed by atoms with Crippen molar-refractivity contribution in [2.75, 3.05) is 11.5 Å². The Morgan fingerprint density at radius 1 is 1.03 bits per heavy atom. The first-order chi connectivity index (χ1) is 14.7. The van der Waals surface area contributed by atoms with Gasteiger partial charge < -0.3 is 9.64 Å². The smallest absolute Gasteiger partial charge is 0.338 e. The van der Waals surface area contributed by atoms with Crippen LogP contribution in [0.4, 0.5) is 5.69 Å². The zero-order chi connectivity index (χ0) is 22.3. The molecule has 2 heterocycles. The third-order valence-electron chi connectivity index (χ3n) is 6.35. The molecule has 6 nitrogen and oxygen atoms in total. The van der Waals surface area contributed by atoms with Crippen LogP contribution < -0.4 is 15.8 Å². The number of nitrogens with zero attached hydrogens (tertiary/aromatic N) is 1. The number of carbonyl (C=O) groups excluding carboxylic acids is 2. The van der Waals surface area contributed by atoms with Crippen LogP contribution in [0.15, 0.2) is 48.5 Å². The molecule has 0 spiro atoms. The second-order valence-corrected chi connectivity index (χ2v) is 9.42. The molecule has 1 amide bonds. The minimum Gasteiger partial charge on any atom is -0.462 e. The van der Waals surface area contributed by atoms with Crippen LogP contribution in [-0.2, 0) is 14.9 Å². The van der Waals surface area contributed by atoms with E-state index in [1.54, 1.807) is 19.1 Å². The molecule has 0 bridgehead atoms. The van der Waals surface area contributed by atoms with Crippen molar-refractivity contribution in [3.8, 4) is 0 Å². The second kappa shape index (κ2) is 8.09. The molecular formula is C25H31N3O3. The lowest BCUT2D eigenvalue weighted by Gasteiger charge is -2.31. The Kier molecular flexibility index (Phi) is 5.62. The molecule has 6 heteroatoms. The van der Waals surface area contributed by atoms with Gasteiger partial charge in [0.25, 0.3) is 0 Å². The normalized spacial score (nSPS) is 25.6. The summed E-state index contributed by atoms with van der Waals surface area (Å²) in [5, 5.41) is 0. The maximum atomic E-state index is 13.4. The highest BCUT2D eigenvalue weighted by Crippen LogP contribution is 2.44. The summed E-state index contributed by atoms with van der Waals surface area (Å²) in [6, 6.07) is 15.5. The minimum atomic E-state index is -0.354. The zero-order valence-electron chi connectivity index (χ0n) is 18.8. The van der Waals surface area contributed by atoms with E-state index in [4.69, 9.17) is 4.74 Å². The van der Waals surface area contributed by atoms with Gasteiger partial charge >= 0.3 is 5.97 Å². The molecule has 2 aliphatic rings. The largest absolute Gasteiger partial charge is 0.462 e. The minimum absolute atomic E-state index is 0.0376. The van der Waals surface area contributed by atoms with E-state index in [2.05, 4.69) is 62.8 Å². The van der Waals surface area contributed by atoms with Crippen LogP contribution in [0.25, 0.3) is 0 Å². The third kappa shape index (κ3) is 3.86. The van der Waals surface area contributed by atoms with E-state index >= 15 is 0 Å². The first kappa shape index (κ1) is 21.5. The van der Waals surface area contributed by atoms with Crippen LogP contribution in [-0.4, -0.2) is 30.6 Å². The van der Waals surface area contributed by atoms with Gasteiger partial charge in [0.05, 0.1) is 18.2 Å². The van der Waals surface area contributed by atoms with Gasteiger partial charge in [-0.3, -0.25) is 10.2 Å². The van der Waals surface area contributed by atoms with Crippen molar-refractivity contribution in [2.24, 2.45) is 5.92 Å². The van der Waals surface area contributed by atoms with Crippen molar-refractivity contribution in [3.63, 3.8) is 0 Å². The number of ether oxygens (including phenoxy) is 1. The summed E-state index contributed by atoms with van der Waals surface area (Å²) in [6.45, 7) is 10.8. The van der Waals surface area contributed by atoms with E-state index in [1.165, 1.54) is 5.56 Å². The Morgan fingerprint density at radius 3 is 2.26 bits per heavy atom. The molecule has 2 aliphatic heterocycles. The number of hydrazine groups is 1. The van der Waals surface area contributed by atoms with Crippen molar-refractivity contribution in [2.45, 2.75) is 58.2 Å². The van der Waals surface area contributed by atoms with Crippen LogP contribution in [0.1, 0.15) is 62.1 Å². The van der Waals surface area contributed by atoms with Gasteiger partial charge in [0.1, 0.15) is 6.04 Å². The maximum Gasteiger partial charge on any atom is 0.338 e. The maximum absolute atomic E-state index is 13.4. The van der Waals surface area contributed by atoms with Gasteiger partial charge in [0, 0.05) is 17.6 Å². The average Bonchev–Trinajstić information content (AvgIpc) is 3.26. The predicted octanol–water partition coefficient (Wildman–Crippen LogP) is 3.73. The van der Waals surface area contributed by atoms with E-state index in [0.29, 0.717) is 12.2 Å². The van der Waals surface area contributed by atoms with Gasteiger partial charge in [-0.15, -0.1) is 0 Å². The molecule has 164 valence electrons. The van der Waals surface area contributed by atoms with Crippen LogP contribution in [0, 0.1) is 5.92 Å². The number of benzene rings is 2. The molecule has 0 radical (unpaired) electrons. The number of hydrogen-bond donors (Lipinski definition) is 2. The summed E-state index contributed by atoms with van der Waals surface area (Å²) in [7, 11) is 0. The fourth-order valence-corrected chi connectivity index (χ4v) is 4.66. The molecule has 0 aromatic heterocycles. The van der Waals surface area contributed by atoms with Gasteiger partial charge in [-0.1, -0.05) is 45.0 Å². The molecule has 2 aromatic rings. The molecule has 0 aliphatic carbocycles. The number of fused-ring (bicyclic) bond motifs is 1. The van der Waals surface area contributed by atoms with E-state index in [9.17, 15) is 9.59 Å². The SMILES string of the molecule is CCOC(=O)c1ccc(N2C(=O)C3NNC(C)C3C2c2ccc(C(C)(C)C)cc2)cc1. The number of rotatable bonds is 4. The molecule has 4 unspecified atom stereocenters. The van der Waals surface area contributed by atoms with Crippen molar-refractivity contribution >= 4 is 17.6 Å². The highest BCUT2D eigenvalue weighted by molar-refractivity contribution is 6.01. The van der Waals surface area contributed by atoms with Gasteiger partial charge in [-0.05, 0) is 54.7 Å². The molecule has 4 atom stereocenters. The lowest BCUT2D eigenvalue weighted by atomic mass is 9.83. The molecule has 2 saturated heterocycles. The molecule has 0 saturated carbocycles. The quantitative estimate of drug-likeness (QED) is 0.736. The number of esters is 1. The average molecular weight is 422 g/mol. The molecule has 2 N–H and O–H groups in total. The van der Waals surface area contributed by atoms with Crippen molar-refractivity contribution in [3.05, 3.63) is 65.2 Å². The summed E-state index contributed by atoms with van der Waals surface area (Å²) < 4.78 is 5.08. The van der Waals surface area contributed by atoms with Crippen LogP contribution in [0.5, 0.6) is 0 Å². The Balaban J connectivity index is 1.71. The van der Waals surface area contributed by atoms with Crippen molar-refractivity contribution in [1.82, 2.24) is 10.9 Å². The number of hydrogen-bond acceptors (Lipinski definition) is 5. The Bertz CT molecular complexity index is 963. The number of anilines is 1. The highest BCUT2D eigenvalue weighted by atomic mass is 16.5. The standard InChI is InChI=1S/C25H31N3O3/c1-6-31-24(30)17-9-13-19(14-10-17)28-22(20-15(2)26-27-21(20)23(28)29)16-7-11-18(12-8-16)25(3,4)5/h7-15,20-22,26-27H,6H2,1-5H3. The Hall–Kier alpha value is -2.70. The fraction of sp³-hybridized carbons (Fsp3) is 0.440. The lowest BCUT2D eigenvalue weighted by Crippen LogP contribution is -2.42. The van der Waals surface area contributed by atoms with E-state index < -0.39 is 0 Å². The number of carbonyl (C=O) groups is 2. The van der Waals surface area contributed by atoms with Crippen LogP contribution in [0.2, 0.25) is 0 Å². The summed E-state index contributed by atoms with van der Waals surface area (Å²) in [6.07, 6.45) is 0. The first-order valence-electron chi connectivity index (χ1n) is 10.9. The zero-order valence-corrected chi connectivity index (χ0v) is 18.8. The van der Waals surface area contributed by atoms with Crippen LogP contribution >= 0.6 is 0 Å². The summed E-state index contributed by atoms with van der Waals surface area (Å²) in [5.41, 5.74) is 10.1. The van der Waals surface area contributed by atoms with Crippen LogP contribution in [0.3, 0.4) is 0 Å². The van der Waals surface area contributed by atoms with Crippen molar-refractivity contribution in [1.29, 1.82) is 0 Å². The van der Waals surface area contributed by atoms with Gasteiger partial charge in [0.2, 0.25) is 5.91 Å². The Morgan fingerprint density at radius 2 is 1.68 bits per heavy atom. The van der Waals surface area contributed by atoms with Gasteiger partial charge in [-0.25, -0.2) is 10.2 Å². The van der Waals surface area contributed by atoms with E-state index in [0.717, 1.165) is 11.3 Å². The molecule has 2 aromatic carbocycles. The Labute approximate surface area is 183 Å². The molecule has 31 heavy (non-hydrogen) atoms. The predicted molar refractivity (Wildman–Crippen MR) is 121 cm³/mol. The number of nitrogens with one attached hydrogen (secondary N) is 2. The third-order valence-corrected chi connectivity index (χ3v) is 6.35. The second-order valence-electron chi connectivity index (χ2n) is 9.42. The number of amides is 1. The first-order valence-corrected chi connectivity index (χ1v) is 10.9. The van der Waals surface area contributed by atoms with E-state index in [1.807, 2.05) is 17.0 Å². The molecule has 4 rings (SSSR count). The summed E-state index contributed by atoms with van der Waals surface area (Å²) in [4.78, 5) is 27.3. The molecule has 2 fully saturated rings. The monoisotopic (exact) mass is 421 g/mol. The van der Waals surface area contributed by atoms with E-state index in [-0.39, 0.29) is 41.3 Å². The molecular weight excluding hydrogens is 390 g/mol. The topological polar surface area (TPSA) is 70.7 Å². The van der Waals surface area contributed by atoms with Gasteiger partial charge in [0.15, 0.2) is 0 Å². The fourth-order valence-electron chi connectivity index (χ4n) is 4.66. The van der Waals surface area contributed by atoms with Crippen molar-refractivity contribution < 1.29 is 14.3 Å². The summed E-state index contributed by atoms with van der Waals surface area (Å²) >= 11 is 0. The van der Waals surface area contributed by atoms with Gasteiger partial charge in [-0.2, -0.15) is 0 Å². The lowest BCUT2D eigenvalue weighted by molar-refractivity contribution is -0.119. The highest BCUT2D eigenvalue weighted by Gasteiger charge is 2.54. The summed E-state index contributed by atoms with van der Waals surface area (Å²) in [5.74, 6) is -0.221.